The topological polar surface area (TPSA) is 42.4 Å². The Morgan fingerprint density at radius 1 is 1.41 bits per heavy atom. The summed E-state index contributed by atoms with van der Waals surface area (Å²) < 4.78 is 5.56. The maximum atomic E-state index is 5.71. The van der Waals surface area contributed by atoms with Gasteiger partial charge in [-0.3, -0.25) is 4.90 Å². The second kappa shape index (κ2) is 5.23. The lowest BCUT2D eigenvalue weighted by Crippen LogP contribution is -2.45. The molecule has 3 nitrogen and oxygen atoms in total. The molecular weight excluding hydrogens is 212 g/mol. The van der Waals surface area contributed by atoms with Crippen molar-refractivity contribution in [2.75, 3.05) is 6.54 Å². The van der Waals surface area contributed by atoms with Gasteiger partial charge in [-0.05, 0) is 31.2 Å². The summed E-state index contributed by atoms with van der Waals surface area (Å²) in [5.74, 6) is 2.58. The SMILES string of the molecule is CC1CC(C)C(C)N(Cc2occc2CN)C1. The van der Waals surface area contributed by atoms with E-state index in [1.807, 2.05) is 6.07 Å². The standard InChI is InChI=1S/C14H24N2O/c1-10-6-11(2)12(3)16(8-10)9-14-13(7-15)4-5-17-14/h4-5,10-12H,6-9,15H2,1-3H3. The Balaban J connectivity index is 2.07. The van der Waals surface area contributed by atoms with Crippen molar-refractivity contribution < 1.29 is 4.42 Å². The smallest absolute Gasteiger partial charge is 0.122 e. The van der Waals surface area contributed by atoms with Crippen LogP contribution in [0.2, 0.25) is 0 Å². The Hall–Kier alpha value is -0.800. The van der Waals surface area contributed by atoms with Crippen LogP contribution in [0.3, 0.4) is 0 Å². The normalized spacial score (nSPS) is 30.7. The van der Waals surface area contributed by atoms with Crippen LogP contribution in [0.5, 0.6) is 0 Å². The van der Waals surface area contributed by atoms with E-state index in [9.17, 15) is 0 Å². The largest absolute Gasteiger partial charge is 0.468 e. The van der Waals surface area contributed by atoms with Crippen LogP contribution in [0, 0.1) is 11.8 Å². The predicted octanol–water partition coefficient (Wildman–Crippen LogP) is 2.60. The number of hydrogen-bond donors (Lipinski definition) is 1. The van der Waals surface area contributed by atoms with Crippen molar-refractivity contribution in [3.05, 3.63) is 23.7 Å². The average molecular weight is 236 g/mol. The Morgan fingerprint density at radius 3 is 2.88 bits per heavy atom. The van der Waals surface area contributed by atoms with E-state index < -0.39 is 0 Å². The van der Waals surface area contributed by atoms with E-state index >= 15 is 0 Å². The third-order valence-corrected chi connectivity index (χ3v) is 4.12. The lowest BCUT2D eigenvalue weighted by molar-refractivity contribution is 0.0665. The molecule has 2 N–H and O–H groups in total. The zero-order valence-electron chi connectivity index (χ0n) is 11.1. The van der Waals surface area contributed by atoms with Gasteiger partial charge in [-0.2, -0.15) is 0 Å². The van der Waals surface area contributed by atoms with Gasteiger partial charge in [0.1, 0.15) is 5.76 Å². The zero-order chi connectivity index (χ0) is 12.4. The monoisotopic (exact) mass is 236 g/mol. The summed E-state index contributed by atoms with van der Waals surface area (Å²) in [6.07, 6.45) is 3.08. The lowest BCUT2D eigenvalue weighted by atomic mass is 9.86. The highest BCUT2D eigenvalue weighted by molar-refractivity contribution is 5.16. The fraction of sp³-hybridized carbons (Fsp3) is 0.714. The van der Waals surface area contributed by atoms with E-state index in [1.165, 1.54) is 6.42 Å². The van der Waals surface area contributed by atoms with Gasteiger partial charge < -0.3 is 10.2 Å². The Kier molecular flexibility index (Phi) is 3.89. The number of nitrogens with two attached hydrogens (primary N) is 1. The molecule has 96 valence electrons. The fourth-order valence-electron chi connectivity index (χ4n) is 2.91. The Bertz CT molecular complexity index is 361. The summed E-state index contributed by atoms with van der Waals surface area (Å²) in [5.41, 5.74) is 6.85. The van der Waals surface area contributed by atoms with Gasteiger partial charge in [0.15, 0.2) is 0 Å². The minimum Gasteiger partial charge on any atom is -0.468 e. The third kappa shape index (κ3) is 2.72. The van der Waals surface area contributed by atoms with E-state index in [2.05, 4.69) is 25.7 Å². The highest BCUT2D eigenvalue weighted by atomic mass is 16.3. The van der Waals surface area contributed by atoms with E-state index in [1.54, 1.807) is 6.26 Å². The summed E-state index contributed by atoms with van der Waals surface area (Å²) in [6, 6.07) is 2.61. The predicted molar refractivity (Wildman–Crippen MR) is 69.4 cm³/mol. The van der Waals surface area contributed by atoms with Crippen molar-refractivity contribution in [1.29, 1.82) is 0 Å². The van der Waals surface area contributed by atoms with E-state index in [-0.39, 0.29) is 0 Å². The molecule has 0 radical (unpaired) electrons. The molecule has 1 aromatic rings. The van der Waals surface area contributed by atoms with Crippen molar-refractivity contribution in [1.82, 2.24) is 4.90 Å². The lowest BCUT2D eigenvalue weighted by Gasteiger charge is -2.40. The first kappa shape index (κ1) is 12.7. The summed E-state index contributed by atoms with van der Waals surface area (Å²) >= 11 is 0. The van der Waals surface area contributed by atoms with Gasteiger partial charge in [0, 0.05) is 24.7 Å². The minimum absolute atomic E-state index is 0.569. The van der Waals surface area contributed by atoms with Crippen LogP contribution in [-0.2, 0) is 13.1 Å². The number of furan rings is 1. The first-order valence-electron chi connectivity index (χ1n) is 6.61. The molecule has 1 aromatic heterocycles. The van der Waals surface area contributed by atoms with E-state index in [0.717, 1.165) is 36.2 Å². The first-order chi connectivity index (χ1) is 8.11. The van der Waals surface area contributed by atoms with Crippen molar-refractivity contribution in [2.24, 2.45) is 17.6 Å². The molecule has 1 aliphatic heterocycles. The molecule has 0 saturated carbocycles. The van der Waals surface area contributed by atoms with Crippen LogP contribution in [0.15, 0.2) is 16.7 Å². The number of nitrogens with zero attached hydrogens (tertiary/aromatic N) is 1. The highest BCUT2D eigenvalue weighted by Crippen LogP contribution is 2.28. The highest BCUT2D eigenvalue weighted by Gasteiger charge is 2.29. The van der Waals surface area contributed by atoms with Gasteiger partial charge >= 0.3 is 0 Å². The van der Waals surface area contributed by atoms with Crippen LogP contribution in [0.25, 0.3) is 0 Å². The molecule has 0 bridgehead atoms. The summed E-state index contributed by atoms with van der Waals surface area (Å²) in [5, 5.41) is 0. The van der Waals surface area contributed by atoms with Gasteiger partial charge in [0.05, 0.1) is 12.8 Å². The molecular formula is C14H24N2O. The molecule has 17 heavy (non-hydrogen) atoms. The van der Waals surface area contributed by atoms with E-state index in [4.69, 9.17) is 10.2 Å². The van der Waals surface area contributed by atoms with Crippen LogP contribution in [-0.4, -0.2) is 17.5 Å². The molecule has 0 spiro atoms. The molecule has 0 amide bonds. The first-order valence-corrected chi connectivity index (χ1v) is 6.61. The summed E-state index contributed by atoms with van der Waals surface area (Å²) in [6.45, 7) is 9.63. The molecule has 2 heterocycles. The molecule has 1 saturated heterocycles. The van der Waals surface area contributed by atoms with Crippen LogP contribution >= 0.6 is 0 Å². The van der Waals surface area contributed by atoms with Crippen molar-refractivity contribution in [2.45, 2.75) is 46.3 Å². The van der Waals surface area contributed by atoms with Crippen LogP contribution < -0.4 is 5.73 Å². The summed E-state index contributed by atoms with van der Waals surface area (Å²) in [7, 11) is 0. The maximum absolute atomic E-state index is 5.71. The van der Waals surface area contributed by atoms with Crippen molar-refractivity contribution >= 4 is 0 Å². The molecule has 1 fully saturated rings. The van der Waals surface area contributed by atoms with Gasteiger partial charge in [0.2, 0.25) is 0 Å². The molecule has 3 unspecified atom stereocenters. The molecule has 3 atom stereocenters. The number of hydrogen-bond acceptors (Lipinski definition) is 3. The molecule has 1 aliphatic rings. The van der Waals surface area contributed by atoms with Gasteiger partial charge in [-0.1, -0.05) is 13.8 Å². The second-order valence-corrected chi connectivity index (χ2v) is 5.56. The van der Waals surface area contributed by atoms with Gasteiger partial charge in [-0.15, -0.1) is 0 Å². The molecule has 0 aliphatic carbocycles. The average Bonchev–Trinajstić information content (AvgIpc) is 2.72. The van der Waals surface area contributed by atoms with Crippen LogP contribution in [0.4, 0.5) is 0 Å². The van der Waals surface area contributed by atoms with E-state index in [0.29, 0.717) is 12.6 Å². The molecule has 2 rings (SSSR count). The Morgan fingerprint density at radius 2 is 2.18 bits per heavy atom. The second-order valence-electron chi connectivity index (χ2n) is 5.56. The summed E-state index contributed by atoms with van der Waals surface area (Å²) in [4.78, 5) is 2.52. The molecule has 3 heteroatoms. The Labute approximate surface area is 104 Å². The number of rotatable bonds is 3. The van der Waals surface area contributed by atoms with Gasteiger partial charge in [-0.25, -0.2) is 0 Å². The quantitative estimate of drug-likeness (QED) is 0.877. The number of piperidine rings is 1. The maximum Gasteiger partial charge on any atom is 0.122 e. The van der Waals surface area contributed by atoms with Crippen molar-refractivity contribution in [3.8, 4) is 0 Å². The number of likely N-dealkylation sites (tertiary alicyclic amines) is 1. The van der Waals surface area contributed by atoms with Crippen LogP contribution in [0.1, 0.15) is 38.5 Å². The minimum atomic E-state index is 0.569. The fourth-order valence-corrected chi connectivity index (χ4v) is 2.91. The third-order valence-electron chi connectivity index (χ3n) is 4.12. The molecule has 0 aromatic carbocycles. The zero-order valence-corrected chi connectivity index (χ0v) is 11.1. The van der Waals surface area contributed by atoms with Gasteiger partial charge in [0.25, 0.3) is 0 Å². The van der Waals surface area contributed by atoms with Crippen molar-refractivity contribution in [3.63, 3.8) is 0 Å².